The fourth-order valence-electron chi connectivity index (χ4n) is 1.41. The van der Waals surface area contributed by atoms with Crippen molar-refractivity contribution in [3.05, 3.63) is 63.3 Å². The predicted octanol–water partition coefficient (Wildman–Crippen LogP) is 4.21. The highest BCUT2D eigenvalue weighted by Crippen LogP contribution is 2.18. The molecule has 0 spiro atoms. The number of halogens is 2. The molecule has 0 fully saturated rings. The van der Waals surface area contributed by atoms with Crippen LogP contribution in [0.5, 0.6) is 0 Å². The first kappa shape index (κ1) is 12.6. The molecule has 1 aromatic heterocycles. The molecule has 0 aliphatic heterocycles. The van der Waals surface area contributed by atoms with Crippen molar-refractivity contribution in [1.82, 2.24) is 4.98 Å². The van der Waals surface area contributed by atoms with Gasteiger partial charge >= 0.3 is 0 Å². The number of pyridine rings is 1. The Balaban J connectivity index is 1.93. The highest BCUT2D eigenvalue weighted by Gasteiger charge is 2.02. The van der Waals surface area contributed by atoms with E-state index in [2.05, 4.69) is 20.9 Å². The molecule has 88 valence electrons. The standard InChI is InChI=1S/C13H11BrClNO/c14-12-6-2-1-4-10(12)8-17-9-11-5-3-7-16-13(11)15/h1-7H,8-9H2. The highest BCUT2D eigenvalue weighted by atomic mass is 79.9. The highest BCUT2D eigenvalue weighted by molar-refractivity contribution is 9.10. The molecule has 0 bridgehead atoms. The third-order valence-electron chi connectivity index (χ3n) is 2.31. The largest absolute Gasteiger partial charge is 0.372 e. The van der Waals surface area contributed by atoms with Crippen molar-refractivity contribution in [3.8, 4) is 0 Å². The molecule has 0 N–H and O–H groups in total. The van der Waals surface area contributed by atoms with E-state index in [4.69, 9.17) is 16.3 Å². The molecule has 0 aliphatic rings. The van der Waals surface area contributed by atoms with Crippen LogP contribution >= 0.6 is 27.5 Å². The molecule has 0 saturated carbocycles. The lowest BCUT2D eigenvalue weighted by Gasteiger charge is -2.07. The van der Waals surface area contributed by atoms with Gasteiger partial charge in [-0.1, -0.05) is 51.8 Å². The van der Waals surface area contributed by atoms with Gasteiger partial charge in [0.05, 0.1) is 13.2 Å². The molecule has 2 aromatic rings. The second-order valence-electron chi connectivity index (χ2n) is 3.54. The molecule has 1 heterocycles. The Labute approximate surface area is 114 Å². The van der Waals surface area contributed by atoms with Gasteiger partial charge < -0.3 is 4.74 Å². The molecule has 0 radical (unpaired) electrons. The Kier molecular flexibility index (Phi) is 4.54. The average Bonchev–Trinajstić information content (AvgIpc) is 2.34. The van der Waals surface area contributed by atoms with Crippen molar-refractivity contribution in [2.24, 2.45) is 0 Å². The van der Waals surface area contributed by atoms with Crippen LogP contribution in [0.15, 0.2) is 47.1 Å². The zero-order valence-corrected chi connectivity index (χ0v) is 11.4. The van der Waals surface area contributed by atoms with Gasteiger partial charge in [-0.25, -0.2) is 4.98 Å². The molecular formula is C13H11BrClNO. The summed E-state index contributed by atoms with van der Waals surface area (Å²) >= 11 is 9.42. The van der Waals surface area contributed by atoms with Crippen LogP contribution in [0.4, 0.5) is 0 Å². The van der Waals surface area contributed by atoms with E-state index in [1.54, 1.807) is 6.20 Å². The van der Waals surface area contributed by atoms with Crippen LogP contribution in [0, 0.1) is 0 Å². The van der Waals surface area contributed by atoms with E-state index in [-0.39, 0.29) is 0 Å². The second-order valence-corrected chi connectivity index (χ2v) is 4.75. The van der Waals surface area contributed by atoms with Crippen LogP contribution < -0.4 is 0 Å². The second kappa shape index (κ2) is 6.15. The van der Waals surface area contributed by atoms with E-state index in [0.717, 1.165) is 15.6 Å². The zero-order valence-electron chi connectivity index (χ0n) is 9.07. The van der Waals surface area contributed by atoms with Crippen molar-refractivity contribution in [2.75, 3.05) is 0 Å². The topological polar surface area (TPSA) is 22.1 Å². The van der Waals surface area contributed by atoms with Gasteiger partial charge in [0.2, 0.25) is 0 Å². The molecule has 0 atom stereocenters. The summed E-state index contributed by atoms with van der Waals surface area (Å²) in [5, 5.41) is 0.500. The third kappa shape index (κ3) is 3.53. The number of benzene rings is 1. The molecule has 0 saturated heterocycles. The molecule has 17 heavy (non-hydrogen) atoms. The van der Waals surface area contributed by atoms with Crippen LogP contribution in [0.1, 0.15) is 11.1 Å². The van der Waals surface area contributed by atoms with Gasteiger partial charge in [-0.3, -0.25) is 0 Å². The molecule has 0 amide bonds. The molecule has 0 unspecified atom stereocenters. The summed E-state index contributed by atoms with van der Waals surface area (Å²) in [6, 6.07) is 11.7. The lowest BCUT2D eigenvalue weighted by molar-refractivity contribution is 0.106. The number of hydrogen-bond donors (Lipinski definition) is 0. The van der Waals surface area contributed by atoms with Crippen molar-refractivity contribution in [2.45, 2.75) is 13.2 Å². The summed E-state index contributed by atoms with van der Waals surface area (Å²) in [6.07, 6.45) is 1.67. The number of aromatic nitrogens is 1. The smallest absolute Gasteiger partial charge is 0.134 e. The average molecular weight is 313 g/mol. The number of rotatable bonds is 4. The summed E-state index contributed by atoms with van der Waals surface area (Å²) in [7, 11) is 0. The minimum Gasteiger partial charge on any atom is -0.372 e. The molecule has 4 heteroatoms. The normalized spacial score (nSPS) is 10.5. The lowest BCUT2D eigenvalue weighted by Crippen LogP contribution is -1.96. The lowest BCUT2D eigenvalue weighted by atomic mass is 10.2. The Hall–Kier alpha value is -0.900. The number of nitrogens with zero attached hydrogens (tertiary/aromatic N) is 1. The maximum absolute atomic E-state index is 5.94. The quantitative estimate of drug-likeness (QED) is 0.789. The number of ether oxygens (including phenoxy) is 1. The maximum Gasteiger partial charge on any atom is 0.134 e. The van der Waals surface area contributed by atoms with Crippen molar-refractivity contribution < 1.29 is 4.74 Å². The fraction of sp³-hybridized carbons (Fsp3) is 0.154. The fourth-order valence-corrected chi connectivity index (χ4v) is 1.99. The van der Waals surface area contributed by atoms with Crippen LogP contribution in [0.3, 0.4) is 0 Å². The predicted molar refractivity (Wildman–Crippen MR) is 71.9 cm³/mol. The van der Waals surface area contributed by atoms with Gasteiger partial charge in [0.1, 0.15) is 5.15 Å². The molecule has 0 aliphatic carbocycles. The van der Waals surface area contributed by atoms with Gasteiger partial charge in [0, 0.05) is 16.2 Å². The van der Waals surface area contributed by atoms with Gasteiger partial charge in [-0.2, -0.15) is 0 Å². The Morgan fingerprint density at radius 1 is 1.06 bits per heavy atom. The molecular weight excluding hydrogens is 302 g/mol. The van der Waals surface area contributed by atoms with Crippen molar-refractivity contribution in [3.63, 3.8) is 0 Å². The van der Waals surface area contributed by atoms with Gasteiger partial charge in [0.15, 0.2) is 0 Å². The first-order valence-electron chi connectivity index (χ1n) is 5.18. The summed E-state index contributed by atoms with van der Waals surface area (Å²) in [6.45, 7) is 1.01. The minimum atomic E-state index is 0.466. The van der Waals surface area contributed by atoms with Gasteiger partial charge in [-0.05, 0) is 17.7 Å². The first-order valence-corrected chi connectivity index (χ1v) is 6.35. The van der Waals surface area contributed by atoms with Crippen molar-refractivity contribution in [1.29, 1.82) is 0 Å². The van der Waals surface area contributed by atoms with E-state index < -0.39 is 0 Å². The van der Waals surface area contributed by atoms with Crippen LogP contribution in [0.2, 0.25) is 5.15 Å². The molecule has 2 nitrogen and oxygen atoms in total. The van der Waals surface area contributed by atoms with Crippen LogP contribution in [-0.2, 0) is 18.0 Å². The van der Waals surface area contributed by atoms with Crippen molar-refractivity contribution >= 4 is 27.5 Å². The third-order valence-corrected chi connectivity index (χ3v) is 3.42. The summed E-state index contributed by atoms with van der Waals surface area (Å²) in [5.41, 5.74) is 2.02. The maximum atomic E-state index is 5.94. The van der Waals surface area contributed by atoms with Gasteiger partial charge in [-0.15, -0.1) is 0 Å². The van der Waals surface area contributed by atoms with E-state index in [9.17, 15) is 0 Å². The zero-order chi connectivity index (χ0) is 12.1. The SMILES string of the molecule is Clc1ncccc1COCc1ccccc1Br. The number of hydrogen-bond acceptors (Lipinski definition) is 2. The Morgan fingerprint density at radius 2 is 1.76 bits per heavy atom. The van der Waals surface area contributed by atoms with Crippen LogP contribution in [-0.4, -0.2) is 4.98 Å². The Morgan fingerprint density at radius 3 is 2.53 bits per heavy atom. The summed E-state index contributed by atoms with van der Waals surface area (Å²) in [4.78, 5) is 4.00. The summed E-state index contributed by atoms with van der Waals surface area (Å²) in [5.74, 6) is 0. The van der Waals surface area contributed by atoms with E-state index in [0.29, 0.717) is 18.4 Å². The monoisotopic (exact) mass is 311 g/mol. The van der Waals surface area contributed by atoms with Crippen LogP contribution in [0.25, 0.3) is 0 Å². The molecule has 1 aromatic carbocycles. The molecule has 2 rings (SSSR count). The first-order chi connectivity index (χ1) is 8.27. The Bertz CT molecular complexity index is 459. The van der Waals surface area contributed by atoms with E-state index >= 15 is 0 Å². The minimum absolute atomic E-state index is 0.466. The van der Waals surface area contributed by atoms with E-state index in [1.165, 1.54) is 0 Å². The summed E-state index contributed by atoms with van der Waals surface area (Å²) < 4.78 is 6.67. The van der Waals surface area contributed by atoms with E-state index in [1.807, 2.05) is 36.4 Å². The van der Waals surface area contributed by atoms with Gasteiger partial charge in [0.25, 0.3) is 0 Å².